The lowest BCUT2D eigenvalue weighted by atomic mass is 10.2. The van der Waals surface area contributed by atoms with Crippen molar-refractivity contribution in [2.24, 2.45) is 0 Å². The molecule has 0 unspecified atom stereocenters. The third-order valence-corrected chi connectivity index (χ3v) is 5.57. The number of aliphatic carboxylic acids is 2. The summed E-state index contributed by atoms with van der Waals surface area (Å²) in [4.78, 5) is 21.3. The predicted octanol–water partition coefficient (Wildman–Crippen LogP) is 4.23. The molecule has 204 valence electrons. The Morgan fingerprint density at radius 1 is 0.974 bits per heavy atom. The van der Waals surface area contributed by atoms with Crippen molar-refractivity contribution in [3.05, 3.63) is 78.2 Å². The van der Waals surface area contributed by atoms with Gasteiger partial charge < -0.3 is 29.0 Å². The molecule has 0 bridgehead atoms. The third kappa shape index (κ3) is 13.6. The van der Waals surface area contributed by atoms with Crippen LogP contribution in [0.15, 0.2) is 71.2 Å². The second kappa shape index (κ2) is 17.7. The predicted molar refractivity (Wildman–Crippen MR) is 145 cm³/mol. The van der Waals surface area contributed by atoms with Crippen molar-refractivity contribution >= 4 is 23.7 Å². The van der Waals surface area contributed by atoms with Gasteiger partial charge in [-0.3, -0.25) is 0 Å². The van der Waals surface area contributed by atoms with Gasteiger partial charge in [0.1, 0.15) is 5.75 Å². The highest BCUT2D eigenvalue weighted by molar-refractivity contribution is 7.98. The topological polar surface area (TPSA) is 135 Å². The number of carboxylic acids is 2. The minimum atomic E-state index is -1.26. The fourth-order valence-corrected chi connectivity index (χ4v) is 3.55. The van der Waals surface area contributed by atoms with E-state index in [1.165, 1.54) is 5.56 Å². The molecule has 3 aromatic rings. The number of carbonyl (C=O) groups is 2. The molecule has 11 heteroatoms. The smallest absolute Gasteiger partial charge is 0.328 e. The lowest BCUT2D eigenvalue weighted by molar-refractivity contribution is -0.134. The fraction of sp³-hybridized carbons (Fsp3) is 0.333. The molecule has 0 amide bonds. The molecule has 2 N–H and O–H groups in total. The van der Waals surface area contributed by atoms with Gasteiger partial charge >= 0.3 is 11.9 Å². The van der Waals surface area contributed by atoms with E-state index < -0.39 is 11.9 Å². The minimum absolute atomic E-state index is 0.532. The normalized spacial score (nSPS) is 10.8. The van der Waals surface area contributed by atoms with E-state index in [1.54, 1.807) is 11.8 Å². The Kier molecular flexibility index (Phi) is 14.3. The van der Waals surface area contributed by atoms with Gasteiger partial charge in [-0.1, -0.05) is 30.3 Å². The number of aromatic nitrogens is 2. The summed E-state index contributed by atoms with van der Waals surface area (Å²) in [5, 5.41) is 23.9. The first kappa shape index (κ1) is 30.6. The summed E-state index contributed by atoms with van der Waals surface area (Å²) in [5.74, 6) is 1.05. The molecule has 0 spiro atoms. The number of rotatable bonds is 15. The average molecular weight is 544 g/mol. The first-order valence-electron chi connectivity index (χ1n) is 11.9. The van der Waals surface area contributed by atoms with Crippen LogP contribution < -0.4 is 4.74 Å². The van der Waals surface area contributed by atoms with E-state index in [2.05, 4.69) is 41.3 Å². The van der Waals surface area contributed by atoms with Crippen molar-refractivity contribution in [2.75, 3.05) is 39.6 Å². The summed E-state index contributed by atoms with van der Waals surface area (Å²) in [5.41, 5.74) is 2.08. The van der Waals surface area contributed by atoms with E-state index in [0.29, 0.717) is 49.5 Å². The van der Waals surface area contributed by atoms with E-state index in [9.17, 15) is 9.59 Å². The highest BCUT2D eigenvalue weighted by atomic mass is 32.2. The van der Waals surface area contributed by atoms with Gasteiger partial charge in [0, 0.05) is 30.0 Å². The van der Waals surface area contributed by atoms with E-state index in [1.807, 2.05) is 42.5 Å². The summed E-state index contributed by atoms with van der Waals surface area (Å²) < 4.78 is 17.2. The number of ether oxygens (including phenoxy) is 2. The van der Waals surface area contributed by atoms with E-state index in [-0.39, 0.29) is 0 Å². The lowest BCUT2D eigenvalue weighted by Gasteiger charge is -2.10. The maximum absolute atomic E-state index is 9.55. The molecule has 0 fully saturated rings. The summed E-state index contributed by atoms with van der Waals surface area (Å²) in [6, 6.07) is 18.0. The van der Waals surface area contributed by atoms with Gasteiger partial charge in [-0.15, -0.1) is 22.0 Å². The van der Waals surface area contributed by atoms with Crippen molar-refractivity contribution in [3.8, 4) is 17.2 Å². The Hall–Kier alpha value is -3.67. The number of thioether (sulfide) groups is 1. The highest BCUT2D eigenvalue weighted by Gasteiger charge is 2.09. The van der Waals surface area contributed by atoms with Gasteiger partial charge in [0.25, 0.3) is 0 Å². The molecule has 1 aromatic heterocycles. The van der Waals surface area contributed by atoms with Crippen molar-refractivity contribution in [1.29, 1.82) is 0 Å². The number of carboxylic acid groups (broad SMARTS) is 2. The molecule has 38 heavy (non-hydrogen) atoms. The molecular formula is C27H33N3O7S. The fourth-order valence-electron chi connectivity index (χ4n) is 2.88. The van der Waals surface area contributed by atoms with Crippen LogP contribution in [-0.4, -0.2) is 76.9 Å². The van der Waals surface area contributed by atoms with Crippen molar-refractivity contribution in [3.63, 3.8) is 0 Å². The molecule has 0 aliphatic rings. The van der Waals surface area contributed by atoms with Crippen LogP contribution in [0.3, 0.4) is 0 Å². The van der Waals surface area contributed by atoms with Crippen LogP contribution in [0, 0.1) is 0 Å². The SMILES string of the molecule is CN(C)CCCOc1ccc(-c2nnc(CSCCOCc3ccccc3)o2)cc1.O=C(O)C=CC(=O)O. The van der Waals surface area contributed by atoms with Gasteiger partial charge in [0.15, 0.2) is 0 Å². The van der Waals surface area contributed by atoms with Gasteiger partial charge in [-0.2, -0.15) is 0 Å². The highest BCUT2D eigenvalue weighted by Crippen LogP contribution is 2.22. The molecule has 2 aromatic carbocycles. The molecule has 1 heterocycles. The Labute approximate surface area is 226 Å². The second-order valence-corrected chi connectivity index (χ2v) is 9.24. The van der Waals surface area contributed by atoms with Crippen LogP contribution in [-0.2, 0) is 26.7 Å². The van der Waals surface area contributed by atoms with Gasteiger partial charge in [-0.25, -0.2) is 9.59 Å². The second-order valence-electron chi connectivity index (χ2n) is 8.13. The maximum Gasteiger partial charge on any atom is 0.328 e. The van der Waals surface area contributed by atoms with Crippen molar-refractivity contribution < 1.29 is 33.7 Å². The van der Waals surface area contributed by atoms with Gasteiger partial charge in [-0.05, 0) is 50.3 Å². The maximum atomic E-state index is 9.55. The molecule has 0 aliphatic carbocycles. The van der Waals surface area contributed by atoms with E-state index in [4.69, 9.17) is 24.1 Å². The van der Waals surface area contributed by atoms with Crippen molar-refractivity contribution in [2.45, 2.75) is 18.8 Å². The first-order valence-corrected chi connectivity index (χ1v) is 13.0. The zero-order valence-corrected chi connectivity index (χ0v) is 22.3. The molecule has 0 radical (unpaired) electrons. The lowest BCUT2D eigenvalue weighted by Crippen LogP contribution is -2.15. The van der Waals surface area contributed by atoms with Crippen LogP contribution in [0.5, 0.6) is 5.75 Å². The summed E-state index contributed by atoms with van der Waals surface area (Å²) in [6.07, 6.45) is 2.11. The number of benzene rings is 2. The van der Waals surface area contributed by atoms with E-state index in [0.717, 1.165) is 30.0 Å². The third-order valence-electron chi connectivity index (χ3n) is 4.66. The van der Waals surface area contributed by atoms with Crippen LogP contribution >= 0.6 is 11.8 Å². The Balaban J connectivity index is 0.000000550. The number of nitrogens with zero attached hydrogens (tertiary/aromatic N) is 3. The molecule has 0 aliphatic heterocycles. The quantitative estimate of drug-likeness (QED) is 0.211. The molecule has 0 atom stereocenters. The molecule has 3 rings (SSSR count). The van der Waals surface area contributed by atoms with Crippen LogP contribution in [0.25, 0.3) is 11.5 Å². The Morgan fingerprint density at radius 2 is 1.66 bits per heavy atom. The van der Waals surface area contributed by atoms with Crippen LogP contribution in [0.2, 0.25) is 0 Å². The van der Waals surface area contributed by atoms with Gasteiger partial charge in [0.05, 0.1) is 25.6 Å². The summed E-state index contributed by atoms with van der Waals surface area (Å²) in [6.45, 7) is 3.05. The Morgan fingerprint density at radius 3 is 2.29 bits per heavy atom. The zero-order chi connectivity index (χ0) is 27.6. The number of hydrogen-bond donors (Lipinski definition) is 2. The van der Waals surface area contributed by atoms with Crippen LogP contribution in [0.4, 0.5) is 0 Å². The molecule has 0 saturated heterocycles. The van der Waals surface area contributed by atoms with Crippen LogP contribution in [0.1, 0.15) is 17.9 Å². The van der Waals surface area contributed by atoms with Crippen molar-refractivity contribution in [1.82, 2.24) is 15.1 Å². The van der Waals surface area contributed by atoms with E-state index >= 15 is 0 Å². The first-order chi connectivity index (χ1) is 18.3. The summed E-state index contributed by atoms with van der Waals surface area (Å²) >= 11 is 1.72. The largest absolute Gasteiger partial charge is 0.494 e. The minimum Gasteiger partial charge on any atom is -0.494 e. The van der Waals surface area contributed by atoms with Gasteiger partial charge in [0.2, 0.25) is 11.8 Å². The molecular weight excluding hydrogens is 510 g/mol. The summed E-state index contributed by atoms with van der Waals surface area (Å²) in [7, 11) is 4.12. The monoisotopic (exact) mass is 543 g/mol. The average Bonchev–Trinajstić information content (AvgIpc) is 3.38. The molecule has 0 saturated carbocycles. The molecule has 10 nitrogen and oxygen atoms in total. The standard InChI is InChI=1S/C23H29N3O3S.C4H4O4/c1-26(2)13-6-14-28-21-11-9-20(10-12-21)23-25-24-22(29-23)18-30-16-15-27-17-19-7-4-3-5-8-19;5-3(6)1-2-4(7)8/h3-5,7-12H,6,13-18H2,1-2H3;1-2H,(H,5,6)(H,7,8). The zero-order valence-electron chi connectivity index (χ0n) is 21.5. The number of hydrogen-bond acceptors (Lipinski definition) is 9. The Bertz CT molecular complexity index is 1100.